The minimum Gasteiger partial charge on any atom is -0.325 e. The highest BCUT2D eigenvalue weighted by Crippen LogP contribution is 2.21. The number of hydrogen-bond acceptors (Lipinski definition) is 4. The number of nitrogens with zero attached hydrogens (tertiary/aromatic N) is 3. The van der Waals surface area contributed by atoms with Crippen LogP contribution in [0.5, 0.6) is 0 Å². The van der Waals surface area contributed by atoms with E-state index in [1.165, 1.54) is 17.3 Å². The molecule has 1 amide bonds. The maximum atomic E-state index is 11.9. The van der Waals surface area contributed by atoms with E-state index in [0.29, 0.717) is 11.7 Å². The summed E-state index contributed by atoms with van der Waals surface area (Å²) in [6, 6.07) is 8.04. The van der Waals surface area contributed by atoms with Gasteiger partial charge in [0.15, 0.2) is 5.16 Å². The first-order valence-corrected chi connectivity index (χ1v) is 7.95. The third-order valence-electron chi connectivity index (χ3n) is 3.38. The second kappa shape index (κ2) is 7.26. The van der Waals surface area contributed by atoms with Crippen LogP contribution in [0.25, 0.3) is 0 Å². The molecule has 2 aromatic rings. The molecule has 112 valence electrons. The van der Waals surface area contributed by atoms with Crippen LogP contribution < -0.4 is 5.32 Å². The van der Waals surface area contributed by atoms with Gasteiger partial charge in [-0.05, 0) is 30.0 Å². The van der Waals surface area contributed by atoms with Crippen molar-refractivity contribution in [1.29, 1.82) is 0 Å². The number of aromatic nitrogens is 3. The van der Waals surface area contributed by atoms with Crippen LogP contribution in [0.15, 0.2) is 35.7 Å². The van der Waals surface area contributed by atoms with Crippen molar-refractivity contribution in [1.82, 2.24) is 14.8 Å². The molecule has 21 heavy (non-hydrogen) atoms. The fourth-order valence-corrected chi connectivity index (χ4v) is 2.55. The van der Waals surface area contributed by atoms with Crippen LogP contribution in [0.2, 0.25) is 0 Å². The van der Waals surface area contributed by atoms with E-state index in [1.54, 1.807) is 10.9 Å². The molecular formula is C15H20N4OS. The summed E-state index contributed by atoms with van der Waals surface area (Å²) in [6.45, 7) is 4.37. The third kappa shape index (κ3) is 4.32. The molecule has 6 heteroatoms. The van der Waals surface area contributed by atoms with Crippen LogP contribution in [0, 0.1) is 0 Å². The highest BCUT2D eigenvalue weighted by molar-refractivity contribution is 7.99. The second-order valence-corrected chi connectivity index (χ2v) is 5.94. The largest absolute Gasteiger partial charge is 0.325 e. The normalized spacial score (nSPS) is 12.1. The number of amides is 1. The number of thioether (sulfide) groups is 1. The van der Waals surface area contributed by atoms with E-state index < -0.39 is 0 Å². The van der Waals surface area contributed by atoms with Gasteiger partial charge in [-0.15, -0.1) is 10.2 Å². The summed E-state index contributed by atoms with van der Waals surface area (Å²) >= 11 is 1.37. The predicted octanol–water partition coefficient (Wildman–Crippen LogP) is 3.06. The monoisotopic (exact) mass is 304 g/mol. The maximum Gasteiger partial charge on any atom is 0.234 e. The van der Waals surface area contributed by atoms with Gasteiger partial charge in [0.1, 0.15) is 6.33 Å². The molecule has 5 nitrogen and oxygen atoms in total. The van der Waals surface area contributed by atoms with E-state index in [-0.39, 0.29) is 5.91 Å². The zero-order valence-electron chi connectivity index (χ0n) is 12.5. The zero-order valence-corrected chi connectivity index (χ0v) is 13.4. The fraction of sp³-hybridized carbons (Fsp3) is 0.400. The molecule has 0 aliphatic rings. The number of rotatable bonds is 6. The summed E-state index contributed by atoms with van der Waals surface area (Å²) in [6.07, 6.45) is 2.73. The Kier molecular flexibility index (Phi) is 5.38. The number of hydrogen-bond donors (Lipinski definition) is 1. The summed E-state index contributed by atoms with van der Waals surface area (Å²) in [5.74, 6) is 0.820. The molecule has 0 bridgehead atoms. The van der Waals surface area contributed by atoms with Gasteiger partial charge in [-0.3, -0.25) is 4.79 Å². The van der Waals surface area contributed by atoms with Crippen molar-refractivity contribution in [2.45, 2.75) is 31.3 Å². The molecule has 1 N–H and O–H groups in total. The molecule has 1 aromatic carbocycles. The lowest BCUT2D eigenvalue weighted by Gasteiger charge is -2.10. The van der Waals surface area contributed by atoms with Gasteiger partial charge in [0.25, 0.3) is 0 Å². The standard InChI is InChI=1S/C15H20N4OS/c1-4-11(2)12-5-7-13(8-6-12)17-14(20)9-21-15-18-16-10-19(15)3/h5-8,10-11H,4,9H2,1-3H3,(H,17,20)/t11-/m0/s1. The number of anilines is 1. The molecule has 1 heterocycles. The van der Waals surface area contributed by atoms with Crippen molar-refractivity contribution in [2.75, 3.05) is 11.1 Å². The Morgan fingerprint density at radius 1 is 1.38 bits per heavy atom. The lowest BCUT2D eigenvalue weighted by atomic mass is 9.99. The van der Waals surface area contributed by atoms with Gasteiger partial charge >= 0.3 is 0 Å². The Balaban J connectivity index is 1.86. The number of aryl methyl sites for hydroxylation is 1. The van der Waals surface area contributed by atoms with Gasteiger partial charge in [-0.25, -0.2) is 0 Å². The van der Waals surface area contributed by atoms with E-state index in [0.717, 1.165) is 17.3 Å². The molecule has 0 fully saturated rings. The first kappa shape index (κ1) is 15.6. The molecule has 0 aliphatic heterocycles. The van der Waals surface area contributed by atoms with Gasteiger partial charge in [-0.1, -0.05) is 37.7 Å². The summed E-state index contributed by atoms with van der Waals surface area (Å²) in [4.78, 5) is 11.9. The summed E-state index contributed by atoms with van der Waals surface area (Å²) in [5.41, 5.74) is 2.12. The van der Waals surface area contributed by atoms with Gasteiger partial charge in [0, 0.05) is 12.7 Å². The summed E-state index contributed by atoms with van der Waals surface area (Å²) in [5, 5.41) is 11.3. The Morgan fingerprint density at radius 2 is 2.10 bits per heavy atom. The molecule has 0 saturated heterocycles. The van der Waals surface area contributed by atoms with E-state index in [9.17, 15) is 4.79 Å². The first-order chi connectivity index (χ1) is 10.1. The van der Waals surface area contributed by atoms with Crippen molar-refractivity contribution in [3.05, 3.63) is 36.2 Å². The molecule has 0 radical (unpaired) electrons. The number of nitrogens with one attached hydrogen (secondary N) is 1. The lowest BCUT2D eigenvalue weighted by molar-refractivity contribution is -0.113. The summed E-state index contributed by atoms with van der Waals surface area (Å²) < 4.78 is 1.79. The Hall–Kier alpha value is -1.82. The molecule has 0 aliphatic carbocycles. The summed E-state index contributed by atoms with van der Waals surface area (Å²) in [7, 11) is 1.86. The first-order valence-electron chi connectivity index (χ1n) is 6.96. The smallest absolute Gasteiger partial charge is 0.234 e. The molecule has 0 unspecified atom stereocenters. The highest BCUT2D eigenvalue weighted by atomic mass is 32.2. The van der Waals surface area contributed by atoms with Gasteiger partial charge in [0.05, 0.1) is 5.75 Å². The molecule has 0 saturated carbocycles. The van der Waals surface area contributed by atoms with Crippen molar-refractivity contribution < 1.29 is 4.79 Å². The van der Waals surface area contributed by atoms with E-state index >= 15 is 0 Å². The second-order valence-electron chi connectivity index (χ2n) is 4.99. The van der Waals surface area contributed by atoms with Crippen LogP contribution in [0.4, 0.5) is 5.69 Å². The Labute approximate surface area is 129 Å². The Bertz CT molecular complexity index is 594. The quantitative estimate of drug-likeness (QED) is 0.833. The zero-order chi connectivity index (χ0) is 15.2. The van der Waals surface area contributed by atoms with Gasteiger partial charge in [-0.2, -0.15) is 0 Å². The SMILES string of the molecule is CC[C@H](C)c1ccc(NC(=O)CSc2nncn2C)cc1. The molecule has 1 aromatic heterocycles. The third-order valence-corrected chi connectivity index (χ3v) is 4.41. The van der Waals surface area contributed by atoms with Gasteiger partial charge < -0.3 is 9.88 Å². The van der Waals surface area contributed by atoms with Crippen LogP contribution in [0.3, 0.4) is 0 Å². The molecule has 1 atom stereocenters. The highest BCUT2D eigenvalue weighted by Gasteiger charge is 2.08. The molecule has 2 rings (SSSR count). The minimum atomic E-state index is -0.0423. The van der Waals surface area contributed by atoms with E-state index in [1.807, 2.05) is 19.2 Å². The van der Waals surface area contributed by atoms with Crippen molar-refractivity contribution in [3.8, 4) is 0 Å². The molecule has 0 spiro atoms. The van der Waals surface area contributed by atoms with Crippen molar-refractivity contribution >= 4 is 23.4 Å². The predicted molar refractivity (Wildman–Crippen MR) is 85.5 cm³/mol. The van der Waals surface area contributed by atoms with Crippen molar-refractivity contribution in [3.63, 3.8) is 0 Å². The van der Waals surface area contributed by atoms with E-state index in [4.69, 9.17) is 0 Å². The molecular weight excluding hydrogens is 284 g/mol. The van der Waals surface area contributed by atoms with Crippen LogP contribution in [-0.4, -0.2) is 26.4 Å². The van der Waals surface area contributed by atoms with E-state index in [2.05, 4.69) is 41.5 Å². The number of carbonyl (C=O) groups is 1. The maximum absolute atomic E-state index is 11.9. The lowest BCUT2D eigenvalue weighted by Crippen LogP contribution is -2.14. The topological polar surface area (TPSA) is 59.8 Å². The minimum absolute atomic E-state index is 0.0423. The van der Waals surface area contributed by atoms with Crippen LogP contribution in [-0.2, 0) is 11.8 Å². The Morgan fingerprint density at radius 3 is 2.67 bits per heavy atom. The van der Waals surface area contributed by atoms with Crippen LogP contribution in [0.1, 0.15) is 31.7 Å². The number of benzene rings is 1. The number of carbonyl (C=O) groups excluding carboxylic acids is 1. The van der Waals surface area contributed by atoms with Crippen molar-refractivity contribution in [2.24, 2.45) is 7.05 Å². The average Bonchev–Trinajstić information content (AvgIpc) is 2.90. The average molecular weight is 304 g/mol. The van der Waals surface area contributed by atoms with Crippen LogP contribution >= 0.6 is 11.8 Å². The van der Waals surface area contributed by atoms with Gasteiger partial charge in [0.2, 0.25) is 5.91 Å². The fourth-order valence-electron chi connectivity index (χ4n) is 1.86.